The lowest BCUT2D eigenvalue weighted by Gasteiger charge is -2.41. The smallest absolute Gasteiger partial charge is 0.250 e. The molecule has 0 aromatic heterocycles. The first-order valence-corrected chi connectivity index (χ1v) is 8.71. The highest BCUT2D eigenvalue weighted by atomic mass is 79.9. The Kier molecular flexibility index (Phi) is 5.08. The average molecular weight is 404 g/mol. The van der Waals surface area contributed by atoms with Gasteiger partial charge >= 0.3 is 0 Å². The summed E-state index contributed by atoms with van der Waals surface area (Å²) in [5, 5.41) is 0. The van der Waals surface area contributed by atoms with Crippen LogP contribution in [0.1, 0.15) is 17.2 Å². The third kappa shape index (κ3) is 3.69. The van der Waals surface area contributed by atoms with E-state index in [4.69, 9.17) is 5.73 Å². The fraction of sp³-hybridized carbons (Fsp3) is 0.211. The molecule has 0 bridgehead atoms. The third-order valence-corrected chi connectivity index (χ3v) is 4.88. The topological polar surface area (TPSA) is 49.6 Å². The molecular weight excluding hydrogens is 385 g/mol. The molecule has 25 heavy (non-hydrogen) atoms. The number of halogens is 2. The van der Waals surface area contributed by atoms with Crippen LogP contribution in [-0.4, -0.2) is 29.3 Å². The molecule has 6 heteroatoms. The number of nitrogens with two attached hydrogens (primary N) is 1. The quantitative estimate of drug-likeness (QED) is 0.853. The number of piperazine rings is 1. The van der Waals surface area contributed by atoms with Gasteiger partial charge in [0, 0.05) is 30.0 Å². The molecule has 0 aliphatic carbocycles. The third-order valence-electron chi connectivity index (χ3n) is 4.38. The van der Waals surface area contributed by atoms with E-state index in [0.717, 1.165) is 21.3 Å². The van der Waals surface area contributed by atoms with Crippen molar-refractivity contribution < 1.29 is 9.18 Å². The number of benzene rings is 2. The number of carbonyl (C=O) groups is 1. The molecule has 3 rings (SSSR count). The maximum absolute atomic E-state index is 13.1. The van der Waals surface area contributed by atoms with Crippen molar-refractivity contribution in [3.8, 4) is 0 Å². The molecule has 1 fully saturated rings. The molecular formula is C19H19BrFN3O. The Balaban J connectivity index is 1.92. The first-order chi connectivity index (χ1) is 12.0. The Hall–Kier alpha value is -2.34. The van der Waals surface area contributed by atoms with Crippen molar-refractivity contribution in [2.75, 3.05) is 13.6 Å². The van der Waals surface area contributed by atoms with Crippen LogP contribution in [0.3, 0.4) is 0 Å². The second-order valence-corrected chi connectivity index (χ2v) is 6.96. The minimum atomic E-state index is -0.443. The molecule has 1 aliphatic rings. The Morgan fingerprint density at radius 1 is 1.28 bits per heavy atom. The largest absolute Gasteiger partial charge is 0.403 e. The van der Waals surface area contributed by atoms with Crippen LogP contribution in [0.15, 0.2) is 64.9 Å². The van der Waals surface area contributed by atoms with Gasteiger partial charge in [-0.15, -0.1) is 0 Å². The SMILES string of the molecule is CN1/C(=C\N)CN(Cc2ccc(F)cc2)C(=O)C1c1cccc(Br)c1. The summed E-state index contributed by atoms with van der Waals surface area (Å²) in [6, 6.07) is 13.5. The lowest BCUT2D eigenvalue weighted by atomic mass is 10.00. The van der Waals surface area contributed by atoms with Gasteiger partial charge in [0.05, 0.1) is 6.54 Å². The molecule has 0 saturated carbocycles. The van der Waals surface area contributed by atoms with Gasteiger partial charge in [0.15, 0.2) is 0 Å². The van der Waals surface area contributed by atoms with E-state index >= 15 is 0 Å². The van der Waals surface area contributed by atoms with E-state index in [1.54, 1.807) is 17.0 Å². The van der Waals surface area contributed by atoms with Crippen LogP contribution in [0.5, 0.6) is 0 Å². The Labute approximate surface area is 154 Å². The molecule has 1 atom stereocenters. The van der Waals surface area contributed by atoms with Gasteiger partial charge in [0.2, 0.25) is 0 Å². The summed E-state index contributed by atoms with van der Waals surface area (Å²) in [7, 11) is 1.87. The van der Waals surface area contributed by atoms with E-state index in [-0.39, 0.29) is 11.7 Å². The van der Waals surface area contributed by atoms with Gasteiger partial charge in [0.25, 0.3) is 5.91 Å². The number of rotatable bonds is 3. The van der Waals surface area contributed by atoms with E-state index in [9.17, 15) is 9.18 Å². The predicted octanol–water partition coefficient (Wildman–Crippen LogP) is 3.40. The lowest BCUT2D eigenvalue weighted by Crippen LogP contribution is -2.49. The van der Waals surface area contributed by atoms with Crippen LogP contribution < -0.4 is 5.73 Å². The highest BCUT2D eigenvalue weighted by molar-refractivity contribution is 9.10. The summed E-state index contributed by atoms with van der Waals surface area (Å²) in [6.07, 6.45) is 1.54. The highest BCUT2D eigenvalue weighted by Crippen LogP contribution is 2.32. The van der Waals surface area contributed by atoms with Crippen LogP contribution in [0, 0.1) is 5.82 Å². The summed E-state index contributed by atoms with van der Waals surface area (Å²) in [4.78, 5) is 16.8. The fourth-order valence-electron chi connectivity index (χ4n) is 3.05. The lowest BCUT2D eigenvalue weighted by molar-refractivity contribution is -0.139. The van der Waals surface area contributed by atoms with Crippen LogP contribution in [0.25, 0.3) is 0 Å². The van der Waals surface area contributed by atoms with Gasteiger partial charge in [-0.1, -0.05) is 40.2 Å². The second kappa shape index (κ2) is 7.27. The normalized spacial score (nSPS) is 19.6. The summed E-state index contributed by atoms with van der Waals surface area (Å²) >= 11 is 3.46. The number of likely N-dealkylation sites (N-methyl/N-ethyl adjacent to an activating group) is 1. The van der Waals surface area contributed by atoms with Crippen LogP contribution in [0.4, 0.5) is 4.39 Å². The van der Waals surface area contributed by atoms with Gasteiger partial charge in [-0.2, -0.15) is 0 Å². The highest BCUT2D eigenvalue weighted by Gasteiger charge is 2.36. The molecule has 1 amide bonds. The van der Waals surface area contributed by atoms with Crippen molar-refractivity contribution >= 4 is 21.8 Å². The van der Waals surface area contributed by atoms with Gasteiger partial charge in [0.1, 0.15) is 11.9 Å². The summed E-state index contributed by atoms with van der Waals surface area (Å²) in [5.41, 5.74) is 8.42. The zero-order valence-corrected chi connectivity index (χ0v) is 15.4. The molecule has 4 nitrogen and oxygen atoms in total. The molecule has 0 spiro atoms. The van der Waals surface area contributed by atoms with E-state index in [1.807, 2.05) is 36.2 Å². The molecule has 2 N–H and O–H groups in total. The summed E-state index contributed by atoms with van der Waals surface area (Å²) in [6.45, 7) is 0.836. The van der Waals surface area contributed by atoms with Gasteiger partial charge < -0.3 is 15.5 Å². The number of carbonyl (C=O) groups excluding carboxylic acids is 1. The van der Waals surface area contributed by atoms with Crippen molar-refractivity contribution in [3.63, 3.8) is 0 Å². The maximum atomic E-state index is 13.1. The number of nitrogens with zero attached hydrogens (tertiary/aromatic N) is 2. The molecule has 1 saturated heterocycles. The second-order valence-electron chi connectivity index (χ2n) is 6.05. The van der Waals surface area contributed by atoms with E-state index in [0.29, 0.717) is 13.1 Å². The fourth-order valence-corrected chi connectivity index (χ4v) is 3.46. The van der Waals surface area contributed by atoms with Crippen molar-refractivity contribution in [1.29, 1.82) is 0 Å². The summed E-state index contributed by atoms with van der Waals surface area (Å²) < 4.78 is 14.0. The van der Waals surface area contributed by atoms with Crippen molar-refractivity contribution in [2.45, 2.75) is 12.6 Å². The maximum Gasteiger partial charge on any atom is 0.250 e. The van der Waals surface area contributed by atoms with Crippen molar-refractivity contribution in [2.24, 2.45) is 5.73 Å². The van der Waals surface area contributed by atoms with Crippen LogP contribution >= 0.6 is 15.9 Å². The molecule has 2 aromatic carbocycles. The molecule has 0 radical (unpaired) electrons. The number of hydrogen-bond donors (Lipinski definition) is 1. The van der Waals surface area contributed by atoms with E-state index in [1.165, 1.54) is 18.3 Å². The molecule has 1 heterocycles. The zero-order chi connectivity index (χ0) is 18.0. The Morgan fingerprint density at radius 3 is 2.64 bits per heavy atom. The van der Waals surface area contributed by atoms with E-state index in [2.05, 4.69) is 15.9 Å². The average Bonchev–Trinajstić information content (AvgIpc) is 2.59. The van der Waals surface area contributed by atoms with Crippen molar-refractivity contribution in [1.82, 2.24) is 9.80 Å². The van der Waals surface area contributed by atoms with Gasteiger partial charge in [-0.25, -0.2) is 4.39 Å². The molecule has 1 unspecified atom stereocenters. The first-order valence-electron chi connectivity index (χ1n) is 7.92. The summed E-state index contributed by atoms with van der Waals surface area (Å²) in [5.74, 6) is -0.293. The number of amides is 1. The minimum Gasteiger partial charge on any atom is -0.403 e. The number of hydrogen-bond acceptors (Lipinski definition) is 3. The van der Waals surface area contributed by atoms with E-state index < -0.39 is 6.04 Å². The predicted molar refractivity (Wildman–Crippen MR) is 98.7 cm³/mol. The monoisotopic (exact) mass is 403 g/mol. The zero-order valence-electron chi connectivity index (χ0n) is 13.8. The molecule has 130 valence electrons. The molecule has 2 aromatic rings. The van der Waals surface area contributed by atoms with Crippen molar-refractivity contribution in [3.05, 3.63) is 81.8 Å². The molecule has 1 aliphatic heterocycles. The first kappa shape index (κ1) is 17.5. The standard InChI is InChI=1S/C19H19BrFN3O/c1-23-17(10-22)12-24(11-13-5-7-16(21)8-6-13)19(25)18(23)14-3-2-4-15(20)9-14/h2-10,18H,11-12,22H2,1H3/b17-10-. The van der Waals surface area contributed by atoms with Gasteiger partial charge in [-0.05, 0) is 35.4 Å². The Bertz CT molecular complexity index is 807. The minimum absolute atomic E-state index is 0.00414. The van der Waals surface area contributed by atoms with Gasteiger partial charge in [-0.3, -0.25) is 4.79 Å². The Morgan fingerprint density at radius 2 is 2.00 bits per heavy atom. The van der Waals surface area contributed by atoms with Crippen LogP contribution in [-0.2, 0) is 11.3 Å². The van der Waals surface area contributed by atoms with Crippen LogP contribution in [0.2, 0.25) is 0 Å².